The van der Waals surface area contributed by atoms with Crippen molar-refractivity contribution in [1.82, 2.24) is 0 Å². The number of carbonyl (C=O) groups excluding carboxylic acids is 2. The van der Waals surface area contributed by atoms with Gasteiger partial charge in [-0.3, -0.25) is 9.59 Å². The van der Waals surface area contributed by atoms with Crippen LogP contribution in [0.15, 0.2) is 41.0 Å². The molecule has 0 saturated heterocycles. The van der Waals surface area contributed by atoms with Gasteiger partial charge >= 0.3 is 0 Å². The third-order valence-electron chi connectivity index (χ3n) is 4.95. The summed E-state index contributed by atoms with van der Waals surface area (Å²) in [5, 5.41) is 3.02. The number of hydrogen-bond donors (Lipinski definition) is 1. The maximum atomic E-state index is 12.5. The molecular formula is C19H20N2O3. The molecule has 5 heteroatoms. The normalized spacial score (nSPS) is 17.1. The van der Waals surface area contributed by atoms with Crippen LogP contribution in [0.5, 0.6) is 0 Å². The van der Waals surface area contributed by atoms with Crippen LogP contribution in [0.2, 0.25) is 0 Å². The predicted octanol–water partition coefficient (Wildman–Crippen LogP) is 3.61. The number of carbonyl (C=O) groups is 2. The van der Waals surface area contributed by atoms with Crippen molar-refractivity contribution < 1.29 is 14.0 Å². The van der Waals surface area contributed by atoms with Crippen molar-refractivity contribution >= 4 is 23.2 Å². The molecule has 4 rings (SSSR count). The third-order valence-corrected chi connectivity index (χ3v) is 4.95. The van der Waals surface area contributed by atoms with Gasteiger partial charge in [0.25, 0.3) is 5.91 Å². The Kier molecular flexibility index (Phi) is 3.84. The van der Waals surface area contributed by atoms with E-state index in [9.17, 15) is 9.59 Å². The summed E-state index contributed by atoms with van der Waals surface area (Å²) in [6, 6.07) is 9.16. The highest BCUT2D eigenvalue weighted by molar-refractivity contribution is 6.05. The van der Waals surface area contributed by atoms with E-state index >= 15 is 0 Å². The number of anilines is 2. The van der Waals surface area contributed by atoms with E-state index in [-0.39, 0.29) is 17.7 Å². The minimum atomic E-state index is -0.124. The average molecular weight is 324 g/mol. The number of rotatable bonds is 3. The topological polar surface area (TPSA) is 62.6 Å². The third kappa shape index (κ3) is 2.70. The number of furan rings is 1. The molecule has 1 N–H and O–H groups in total. The highest BCUT2D eigenvalue weighted by atomic mass is 16.3. The van der Waals surface area contributed by atoms with E-state index in [0.29, 0.717) is 12.3 Å². The molecule has 5 nitrogen and oxygen atoms in total. The van der Waals surface area contributed by atoms with Gasteiger partial charge in [-0.15, -0.1) is 0 Å². The number of nitrogens with one attached hydrogen (secondary N) is 1. The first-order chi connectivity index (χ1) is 11.7. The molecule has 0 spiro atoms. The highest BCUT2D eigenvalue weighted by Crippen LogP contribution is 2.32. The Morgan fingerprint density at radius 1 is 1.17 bits per heavy atom. The maximum absolute atomic E-state index is 12.5. The summed E-state index contributed by atoms with van der Waals surface area (Å²) in [5.74, 6) is 0.493. The largest absolute Gasteiger partial charge is 0.459 e. The molecule has 1 fully saturated rings. The second-order valence-electron chi connectivity index (χ2n) is 6.50. The van der Waals surface area contributed by atoms with E-state index < -0.39 is 0 Å². The lowest BCUT2D eigenvalue weighted by molar-refractivity contribution is -0.119. The fourth-order valence-corrected chi connectivity index (χ4v) is 3.66. The molecule has 2 aromatic rings. The van der Waals surface area contributed by atoms with Gasteiger partial charge in [-0.1, -0.05) is 12.8 Å². The first-order valence-corrected chi connectivity index (χ1v) is 8.51. The number of amides is 2. The van der Waals surface area contributed by atoms with Crippen molar-refractivity contribution in [2.24, 2.45) is 5.92 Å². The molecule has 24 heavy (non-hydrogen) atoms. The van der Waals surface area contributed by atoms with Crippen molar-refractivity contribution in [3.05, 3.63) is 47.9 Å². The van der Waals surface area contributed by atoms with Crippen LogP contribution in [0.25, 0.3) is 0 Å². The Balaban J connectivity index is 1.50. The van der Waals surface area contributed by atoms with Gasteiger partial charge in [0, 0.05) is 23.8 Å². The standard InChI is InChI=1S/C19H20N2O3/c22-18(13-4-1-2-5-13)20-15-7-8-16-14(12-15)9-10-21(16)19(23)17-6-3-11-24-17/h3,6-8,11-13H,1-2,4-5,9-10H2,(H,20,22). The fraction of sp³-hybridized carbons (Fsp3) is 0.368. The Hall–Kier alpha value is -2.56. The van der Waals surface area contributed by atoms with E-state index in [1.54, 1.807) is 17.0 Å². The summed E-state index contributed by atoms with van der Waals surface area (Å²) < 4.78 is 5.21. The van der Waals surface area contributed by atoms with E-state index in [4.69, 9.17) is 4.42 Å². The maximum Gasteiger partial charge on any atom is 0.293 e. The quantitative estimate of drug-likeness (QED) is 0.938. The van der Waals surface area contributed by atoms with Gasteiger partial charge in [0.2, 0.25) is 5.91 Å². The zero-order valence-electron chi connectivity index (χ0n) is 13.5. The van der Waals surface area contributed by atoms with Gasteiger partial charge in [0.1, 0.15) is 0 Å². The van der Waals surface area contributed by atoms with Crippen LogP contribution in [-0.4, -0.2) is 18.4 Å². The molecule has 1 aliphatic heterocycles. The van der Waals surface area contributed by atoms with Crippen LogP contribution in [0.1, 0.15) is 41.8 Å². The van der Waals surface area contributed by atoms with Gasteiger partial charge in [-0.25, -0.2) is 0 Å². The summed E-state index contributed by atoms with van der Waals surface area (Å²) in [5.41, 5.74) is 2.80. The smallest absolute Gasteiger partial charge is 0.293 e. The molecule has 2 aliphatic rings. The molecule has 2 heterocycles. The van der Waals surface area contributed by atoms with Crippen molar-refractivity contribution in [1.29, 1.82) is 0 Å². The molecule has 1 saturated carbocycles. The van der Waals surface area contributed by atoms with Gasteiger partial charge in [-0.05, 0) is 55.2 Å². The molecule has 1 aliphatic carbocycles. The Labute approximate surface area is 140 Å². The van der Waals surface area contributed by atoms with Crippen LogP contribution in [0.4, 0.5) is 11.4 Å². The molecule has 0 atom stereocenters. The molecule has 124 valence electrons. The Bertz CT molecular complexity index is 761. The lowest BCUT2D eigenvalue weighted by Crippen LogP contribution is -2.28. The molecule has 2 amide bonds. The molecule has 1 aromatic heterocycles. The van der Waals surface area contributed by atoms with Crippen molar-refractivity contribution in [2.75, 3.05) is 16.8 Å². The zero-order valence-corrected chi connectivity index (χ0v) is 13.5. The van der Waals surface area contributed by atoms with E-state index in [1.807, 2.05) is 18.2 Å². The lowest BCUT2D eigenvalue weighted by Gasteiger charge is -2.16. The van der Waals surface area contributed by atoms with Crippen molar-refractivity contribution in [2.45, 2.75) is 32.1 Å². The fourth-order valence-electron chi connectivity index (χ4n) is 3.66. The summed E-state index contributed by atoms with van der Waals surface area (Å²) >= 11 is 0. The first kappa shape index (κ1) is 15.0. The van der Waals surface area contributed by atoms with Crippen LogP contribution in [0, 0.1) is 5.92 Å². The van der Waals surface area contributed by atoms with Gasteiger partial charge in [0.05, 0.1) is 6.26 Å². The number of fused-ring (bicyclic) bond motifs is 1. The first-order valence-electron chi connectivity index (χ1n) is 8.51. The summed E-state index contributed by atoms with van der Waals surface area (Å²) in [4.78, 5) is 26.5. The van der Waals surface area contributed by atoms with E-state index in [0.717, 1.165) is 49.0 Å². The van der Waals surface area contributed by atoms with Crippen molar-refractivity contribution in [3.8, 4) is 0 Å². The average Bonchev–Trinajstić information content (AvgIpc) is 3.33. The monoisotopic (exact) mass is 324 g/mol. The number of nitrogens with zero attached hydrogens (tertiary/aromatic N) is 1. The molecule has 1 aromatic carbocycles. The van der Waals surface area contributed by atoms with Crippen LogP contribution >= 0.6 is 0 Å². The minimum Gasteiger partial charge on any atom is -0.459 e. The summed E-state index contributed by atoms with van der Waals surface area (Å²) in [6.45, 7) is 0.634. The molecular weight excluding hydrogens is 304 g/mol. The number of benzene rings is 1. The van der Waals surface area contributed by atoms with Gasteiger partial charge < -0.3 is 14.6 Å². The van der Waals surface area contributed by atoms with E-state index in [1.165, 1.54) is 6.26 Å². The van der Waals surface area contributed by atoms with Crippen LogP contribution < -0.4 is 10.2 Å². The van der Waals surface area contributed by atoms with Gasteiger partial charge in [0.15, 0.2) is 5.76 Å². The Morgan fingerprint density at radius 3 is 2.75 bits per heavy atom. The van der Waals surface area contributed by atoms with Gasteiger partial charge in [-0.2, -0.15) is 0 Å². The second kappa shape index (κ2) is 6.15. The van der Waals surface area contributed by atoms with Crippen LogP contribution in [-0.2, 0) is 11.2 Å². The molecule has 0 bridgehead atoms. The summed E-state index contributed by atoms with van der Waals surface area (Å²) in [7, 11) is 0. The summed E-state index contributed by atoms with van der Waals surface area (Å²) in [6.07, 6.45) is 6.56. The SMILES string of the molecule is O=C(Nc1ccc2c(c1)CCN2C(=O)c1ccco1)C1CCCC1. The Morgan fingerprint density at radius 2 is 2.00 bits per heavy atom. The zero-order chi connectivity index (χ0) is 16.5. The van der Waals surface area contributed by atoms with E-state index in [2.05, 4.69) is 5.32 Å². The van der Waals surface area contributed by atoms with Crippen LogP contribution in [0.3, 0.4) is 0 Å². The van der Waals surface area contributed by atoms with Crippen molar-refractivity contribution in [3.63, 3.8) is 0 Å². The lowest BCUT2D eigenvalue weighted by atomic mass is 10.1. The second-order valence-corrected chi connectivity index (χ2v) is 6.50. The molecule has 0 unspecified atom stereocenters. The highest BCUT2D eigenvalue weighted by Gasteiger charge is 2.28. The number of hydrogen-bond acceptors (Lipinski definition) is 3. The minimum absolute atomic E-state index is 0.119. The predicted molar refractivity (Wildman–Crippen MR) is 91.1 cm³/mol. The molecule has 0 radical (unpaired) electrons.